The molecule has 0 aromatic heterocycles. The van der Waals surface area contributed by atoms with Gasteiger partial charge in [-0.05, 0) is 17.3 Å². The Morgan fingerprint density at radius 2 is 1.50 bits per heavy atom. The summed E-state index contributed by atoms with van der Waals surface area (Å²) in [6.07, 6.45) is -6.96. The molecule has 9 heteroatoms. The van der Waals surface area contributed by atoms with Crippen molar-refractivity contribution in [3.8, 4) is 0 Å². The number of rotatable bonds is 10. The van der Waals surface area contributed by atoms with E-state index in [2.05, 4.69) is 5.32 Å². The number of esters is 1. The van der Waals surface area contributed by atoms with E-state index in [0.717, 1.165) is 0 Å². The molecule has 0 radical (unpaired) electrons. The monoisotopic (exact) mass is 407 g/mol. The lowest BCUT2D eigenvalue weighted by Crippen LogP contribution is -2.52. The molecule has 0 aromatic rings. The van der Waals surface area contributed by atoms with Gasteiger partial charge in [-0.15, -0.1) is 0 Å². The summed E-state index contributed by atoms with van der Waals surface area (Å²) in [6, 6.07) is 0. The van der Waals surface area contributed by atoms with E-state index < -0.39 is 36.9 Å². The topological polar surface area (TPSA) is 157 Å². The molecule has 0 aliphatic rings. The Morgan fingerprint density at radius 1 is 0.964 bits per heavy atom. The average Bonchev–Trinajstić information content (AvgIpc) is 2.58. The number of hydrogen-bond donors (Lipinski definition) is 6. The van der Waals surface area contributed by atoms with Crippen LogP contribution >= 0.6 is 0 Å². The fraction of sp³-hybridized carbons (Fsp3) is 0.895. The number of aliphatic hydroxyl groups is 5. The molecule has 0 aliphatic heterocycles. The van der Waals surface area contributed by atoms with E-state index in [1.54, 1.807) is 0 Å². The van der Waals surface area contributed by atoms with Crippen LogP contribution < -0.4 is 5.32 Å². The maximum absolute atomic E-state index is 12.4. The van der Waals surface area contributed by atoms with E-state index in [0.29, 0.717) is 6.42 Å². The zero-order valence-corrected chi connectivity index (χ0v) is 17.7. The highest BCUT2D eigenvalue weighted by Gasteiger charge is 2.36. The van der Waals surface area contributed by atoms with Gasteiger partial charge in [0, 0.05) is 0 Å². The molecule has 28 heavy (non-hydrogen) atoms. The SMILES string of the molecule is CC(C)(C)CC(C(=O)OCCNC(=O)C(O)C(O)C(O)C(O)CO)C(C)(C)C. The van der Waals surface area contributed by atoms with E-state index >= 15 is 0 Å². The lowest BCUT2D eigenvalue weighted by Gasteiger charge is -2.33. The predicted molar refractivity (Wildman–Crippen MR) is 102 cm³/mol. The second-order valence-electron chi connectivity index (χ2n) is 9.32. The van der Waals surface area contributed by atoms with Gasteiger partial charge in [0.2, 0.25) is 0 Å². The third-order valence-corrected chi connectivity index (χ3v) is 4.32. The highest BCUT2D eigenvalue weighted by Crippen LogP contribution is 2.36. The standard InChI is InChI=1S/C19H37NO8/c1-18(2,3)9-11(19(4,5)6)17(27)28-8-7-20-16(26)15(25)14(24)13(23)12(22)10-21/h11-15,21-25H,7-10H2,1-6H3,(H,20,26). The largest absolute Gasteiger partial charge is 0.464 e. The number of aliphatic hydroxyl groups excluding tert-OH is 5. The molecule has 0 aliphatic carbocycles. The Hall–Kier alpha value is -1.26. The number of nitrogens with one attached hydrogen (secondary N) is 1. The van der Waals surface area contributed by atoms with Gasteiger partial charge in [0.05, 0.1) is 19.1 Å². The molecular formula is C19H37NO8. The quantitative estimate of drug-likeness (QED) is 0.203. The first-order valence-electron chi connectivity index (χ1n) is 9.39. The molecule has 0 bridgehead atoms. The van der Waals surface area contributed by atoms with Gasteiger partial charge in [0.1, 0.15) is 24.9 Å². The summed E-state index contributed by atoms with van der Waals surface area (Å²) in [5.41, 5.74) is -0.358. The Kier molecular flexibility index (Phi) is 10.6. The summed E-state index contributed by atoms with van der Waals surface area (Å²) in [5, 5.41) is 49.1. The van der Waals surface area contributed by atoms with Crippen molar-refractivity contribution >= 4 is 11.9 Å². The normalized spacial score (nSPS) is 18.0. The molecule has 1 amide bonds. The number of amides is 1. The first-order chi connectivity index (χ1) is 12.6. The van der Waals surface area contributed by atoms with Crippen molar-refractivity contribution < 1.29 is 39.9 Å². The van der Waals surface area contributed by atoms with Crippen molar-refractivity contribution in [2.75, 3.05) is 19.8 Å². The lowest BCUT2D eigenvalue weighted by atomic mass is 9.72. The van der Waals surface area contributed by atoms with Gasteiger partial charge < -0.3 is 35.6 Å². The number of carbonyl (C=O) groups excluding carboxylic acids is 2. The zero-order valence-electron chi connectivity index (χ0n) is 17.7. The lowest BCUT2D eigenvalue weighted by molar-refractivity contribution is -0.155. The maximum atomic E-state index is 12.4. The minimum Gasteiger partial charge on any atom is -0.464 e. The fourth-order valence-corrected chi connectivity index (χ4v) is 2.56. The highest BCUT2D eigenvalue weighted by molar-refractivity contribution is 5.81. The number of hydrogen-bond acceptors (Lipinski definition) is 8. The van der Waals surface area contributed by atoms with Gasteiger partial charge in [-0.25, -0.2) is 0 Å². The molecular weight excluding hydrogens is 370 g/mol. The summed E-state index contributed by atoms with van der Waals surface area (Å²) in [6.45, 7) is 10.9. The summed E-state index contributed by atoms with van der Waals surface area (Å²) in [5.74, 6) is -1.71. The van der Waals surface area contributed by atoms with Crippen molar-refractivity contribution in [3.05, 3.63) is 0 Å². The van der Waals surface area contributed by atoms with Crippen molar-refractivity contribution in [2.45, 2.75) is 72.4 Å². The van der Waals surface area contributed by atoms with Gasteiger partial charge >= 0.3 is 5.97 Å². The van der Waals surface area contributed by atoms with Crippen molar-refractivity contribution in [1.82, 2.24) is 5.32 Å². The van der Waals surface area contributed by atoms with Crippen LogP contribution in [-0.4, -0.2) is 81.6 Å². The molecule has 0 fully saturated rings. The van der Waals surface area contributed by atoms with Crippen LogP contribution in [0.5, 0.6) is 0 Å². The summed E-state index contributed by atoms with van der Waals surface area (Å²) in [4.78, 5) is 24.3. The molecule has 5 atom stereocenters. The first-order valence-corrected chi connectivity index (χ1v) is 9.39. The van der Waals surface area contributed by atoms with Gasteiger partial charge in [-0.1, -0.05) is 41.5 Å². The van der Waals surface area contributed by atoms with Gasteiger partial charge in [-0.3, -0.25) is 9.59 Å². The van der Waals surface area contributed by atoms with Gasteiger partial charge in [-0.2, -0.15) is 0 Å². The Balaban J connectivity index is 4.56. The van der Waals surface area contributed by atoms with Crippen LogP contribution in [0.1, 0.15) is 48.0 Å². The molecule has 5 unspecified atom stereocenters. The first kappa shape index (κ1) is 26.7. The van der Waals surface area contributed by atoms with Crippen molar-refractivity contribution in [1.29, 1.82) is 0 Å². The molecule has 0 rings (SSSR count). The van der Waals surface area contributed by atoms with Crippen molar-refractivity contribution in [2.24, 2.45) is 16.7 Å². The summed E-state index contributed by atoms with van der Waals surface area (Å²) >= 11 is 0. The third kappa shape index (κ3) is 9.29. The van der Waals surface area contributed by atoms with E-state index in [9.17, 15) is 30.0 Å². The smallest absolute Gasteiger partial charge is 0.309 e. The van der Waals surface area contributed by atoms with E-state index in [4.69, 9.17) is 9.84 Å². The molecule has 0 aromatic carbocycles. The molecule has 0 heterocycles. The molecule has 0 saturated heterocycles. The molecule has 9 nitrogen and oxygen atoms in total. The number of carbonyl (C=O) groups is 2. The van der Waals surface area contributed by atoms with Crippen LogP contribution in [0.3, 0.4) is 0 Å². The molecule has 0 spiro atoms. The second-order valence-corrected chi connectivity index (χ2v) is 9.32. The van der Waals surface area contributed by atoms with Crippen LogP contribution in [0.2, 0.25) is 0 Å². The van der Waals surface area contributed by atoms with E-state index in [-0.39, 0.29) is 35.9 Å². The number of ether oxygens (including phenoxy) is 1. The molecule has 166 valence electrons. The van der Waals surface area contributed by atoms with Gasteiger partial charge in [0.25, 0.3) is 5.91 Å². The predicted octanol–water partition coefficient (Wildman–Crippen LogP) is -0.820. The Labute approximate surface area is 166 Å². The van der Waals surface area contributed by atoms with Crippen LogP contribution in [0.15, 0.2) is 0 Å². The summed E-state index contributed by atoms with van der Waals surface area (Å²) in [7, 11) is 0. The molecule has 6 N–H and O–H groups in total. The van der Waals surface area contributed by atoms with Crippen LogP contribution in [0, 0.1) is 16.7 Å². The van der Waals surface area contributed by atoms with E-state index in [1.165, 1.54) is 0 Å². The van der Waals surface area contributed by atoms with Gasteiger partial charge in [0.15, 0.2) is 6.10 Å². The molecule has 0 saturated carbocycles. The second kappa shape index (κ2) is 11.1. The maximum Gasteiger partial charge on any atom is 0.309 e. The fourth-order valence-electron chi connectivity index (χ4n) is 2.56. The Bertz CT molecular complexity index is 497. The van der Waals surface area contributed by atoms with Crippen LogP contribution in [0.25, 0.3) is 0 Å². The van der Waals surface area contributed by atoms with E-state index in [1.807, 2.05) is 41.5 Å². The van der Waals surface area contributed by atoms with Crippen LogP contribution in [-0.2, 0) is 14.3 Å². The van der Waals surface area contributed by atoms with Crippen LogP contribution in [0.4, 0.5) is 0 Å². The third-order valence-electron chi connectivity index (χ3n) is 4.32. The average molecular weight is 408 g/mol. The summed E-state index contributed by atoms with van der Waals surface area (Å²) < 4.78 is 5.25. The highest BCUT2D eigenvalue weighted by atomic mass is 16.5. The van der Waals surface area contributed by atoms with Crippen molar-refractivity contribution in [3.63, 3.8) is 0 Å². The zero-order chi connectivity index (χ0) is 22.3. The minimum atomic E-state index is -2.02. The minimum absolute atomic E-state index is 0.0641. The Morgan fingerprint density at radius 3 is 1.93 bits per heavy atom.